The van der Waals surface area contributed by atoms with E-state index in [9.17, 15) is 18.0 Å². The number of methoxy groups -OCH3 is 1. The second-order valence-electron chi connectivity index (χ2n) is 3.86. The van der Waals surface area contributed by atoms with Crippen molar-refractivity contribution in [1.82, 2.24) is 4.72 Å². The van der Waals surface area contributed by atoms with Crippen molar-refractivity contribution < 1.29 is 22.7 Å². The molecule has 9 heteroatoms. The summed E-state index contributed by atoms with van der Waals surface area (Å²) in [7, 11) is -2.85. The molecule has 0 aliphatic heterocycles. The number of benzene rings is 1. The lowest BCUT2D eigenvalue weighted by atomic mass is 10.2. The number of carbonyl (C=O) groups is 2. The molecule has 0 spiro atoms. The van der Waals surface area contributed by atoms with Crippen molar-refractivity contribution in [3.8, 4) is 6.07 Å². The van der Waals surface area contributed by atoms with Crippen molar-refractivity contribution in [3.63, 3.8) is 0 Å². The van der Waals surface area contributed by atoms with Gasteiger partial charge in [0, 0.05) is 12.8 Å². The molecule has 0 aliphatic carbocycles. The van der Waals surface area contributed by atoms with E-state index in [1.54, 1.807) is 10.8 Å². The fourth-order valence-corrected chi connectivity index (χ4v) is 2.24. The van der Waals surface area contributed by atoms with Gasteiger partial charge in [-0.2, -0.15) is 13.7 Å². The normalized spacial score (nSPS) is 10.3. The van der Waals surface area contributed by atoms with Crippen LogP contribution in [0.5, 0.6) is 0 Å². The number of hydrogen-bond donors (Lipinski definition) is 2. The topological polar surface area (TPSA) is 125 Å². The zero-order chi connectivity index (χ0) is 15.9. The number of carbonyl (C=O) groups excluding carboxylic acids is 2. The number of hydrogen-bond acceptors (Lipinski definition) is 6. The third-order valence-corrected chi connectivity index (χ3v) is 3.27. The Hall–Kier alpha value is -2.60. The van der Waals surface area contributed by atoms with Crippen molar-refractivity contribution in [2.45, 2.75) is 12.8 Å². The Morgan fingerprint density at radius 1 is 1.29 bits per heavy atom. The van der Waals surface area contributed by atoms with Crippen LogP contribution in [0.3, 0.4) is 0 Å². The molecule has 0 radical (unpaired) electrons. The molecule has 2 N–H and O–H groups in total. The van der Waals surface area contributed by atoms with Crippen LogP contribution in [0.25, 0.3) is 0 Å². The smallest absolute Gasteiger partial charge is 0.337 e. The van der Waals surface area contributed by atoms with E-state index in [2.05, 4.69) is 9.46 Å². The van der Waals surface area contributed by atoms with Gasteiger partial charge in [0.15, 0.2) is 0 Å². The van der Waals surface area contributed by atoms with E-state index in [0.29, 0.717) is 0 Å². The number of nitriles is 1. The first kappa shape index (κ1) is 16.5. The number of ether oxygens (including phenoxy) is 1. The third kappa shape index (κ3) is 5.50. The Morgan fingerprint density at radius 2 is 1.90 bits per heavy atom. The molecule has 1 rings (SSSR count). The average molecular weight is 311 g/mol. The zero-order valence-electron chi connectivity index (χ0n) is 11.1. The van der Waals surface area contributed by atoms with Crippen LogP contribution in [0.4, 0.5) is 5.69 Å². The van der Waals surface area contributed by atoms with Crippen LogP contribution in [0, 0.1) is 11.3 Å². The van der Waals surface area contributed by atoms with Gasteiger partial charge in [-0.1, -0.05) is 0 Å². The van der Waals surface area contributed by atoms with Crippen molar-refractivity contribution in [2.75, 3.05) is 11.8 Å². The molecule has 0 aromatic heterocycles. The van der Waals surface area contributed by atoms with Gasteiger partial charge < -0.3 is 4.74 Å². The molecule has 112 valence electrons. The molecule has 8 nitrogen and oxygen atoms in total. The van der Waals surface area contributed by atoms with Gasteiger partial charge in [-0.05, 0) is 24.3 Å². The Bertz CT molecular complexity index is 661. The van der Waals surface area contributed by atoms with E-state index in [-0.39, 0.29) is 24.1 Å². The van der Waals surface area contributed by atoms with Crippen molar-refractivity contribution in [2.24, 2.45) is 0 Å². The van der Waals surface area contributed by atoms with Crippen molar-refractivity contribution in [3.05, 3.63) is 29.8 Å². The number of anilines is 1. The molecule has 1 amide bonds. The first-order valence-electron chi connectivity index (χ1n) is 5.76. The molecular weight excluding hydrogens is 298 g/mol. The minimum absolute atomic E-state index is 0.0742. The van der Waals surface area contributed by atoms with Gasteiger partial charge in [-0.3, -0.25) is 9.52 Å². The van der Waals surface area contributed by atoms with Gasteiger partial charge in [-0.25, -0.2) is 9.52 Å². The minimum Gasteiger partial charge on any atom is -0.465 e. The Labute approximate surface area is 121 Å². The number of rotatable bonds is 6. The molecule has 0 bridgehead atoms. The van der Waals surface area contributed by atoms with Gasteiger partial charge in [0.1, 0.15) is 0 Å². The first-order chi connectivity index (χ1) is 9.88. The second kappa shape index (κ2) is 7.25. The highest BCUT2D eigenvalue weighted by Crippen LogP contribution is 2.11. The lowest BCUT2D eigenvalue weighted by molar-refractivity contribution is -0.119. The number of nitrogens with zero attached hydrogens (tertiary/aromatic N) is 1. The molecule has 0 heterocycles. The lowest BCUT2D eigenvalue weighted by Gasteiger charge is -2.09. The standard InChI is InChI=1S/C12H13N3O5S/c1-20-12(17)9-4-6-10(7-5-9)14-21(18,19)15-11(16)3-2-8-13/h4-7,14H,2-3H2,1H3,(H,15,16). The highest BCUT2D eigenvalue weighted by Gasteiger charge is 2.14. The van der Waals surface area contributed by atoms with Gasteiger partial charge in [0.2, 0.25) is 5.91 Å². The van der Waals surface area contributed by atoms with Crippen molar-refractivity contribution >= 4 is 27.8 Å². The average Bonchev–Trinajstić information content (AvgIpc) is 2.44. The fourth-order valence-electron chi connectivity index (χ4n) is 1.34. The fraction of sp³-hybridized carbons (Fsp3) is 0.250. The van der Waals surface area contributed by atoms with Crippen molar-refractivity contribution in [1.29, 1.82) is 5.26 Å². The summed E-state index contributed by atoms with van der Waals surface area (Å²) < 4.78 is 31.7. The van der Waals surface area contributed by atoms with Gasteiger partial charge in [0.05, 0.1) is 24.4 Å². The zero-order valence-corrected chi connectivity index (χ0v) is 11.9. The van der Waals surface area contributed by atoms with Crippen LogP contribution in [0.15, 0.2) is 24.3 Å². The predicted molar refractivity (Wildman–Crippen MR) is 73.3 cm³/mol. The van der Waals surface area contributed by atoms with E-state index in [4.69, 9.17) is 5.26 Å². The molecule has 0 unspecified atom stereocenters. The largest absolute Gasteiger partial charge is 0.465 e. The summed E-state index contributed by atoms with van der Waals surface area (Å²) in [6.45, 7) is 0. The molecule has 0 saturated heterocycles. The second-order valence-corrected chi connectivity index (χ2v) is 5.27. The highest BCUT2D eigenvalue weighted by molar-refractivity contribution is 7.91. The molecule has 21 heavy (non-hydrogen) atoms. The molecule has 1 aromatic rings. The van der Waals surface area contributed by atoms with Gasteiger partial charge >= 0.3 is 16.2 Å². The van der Waals surface area contributed by atoms with Crippen LogP contribution >= 0.6 is 0 Å². The van der Waals surface area contributed by atoms with Crippen LogP contribution in [-0.2, 0) is 19.7 Å². The summed E-state index contributed by atoms with van der Waals surface area (Å²) in [5.74, 6) is -1.33. The number of esters is 1. The minimum atomic E-state index is -4.08. The quantitative estimate of drug-likeness (QED) is 0.739. The van der Waals surface area contributed by atoms with Gasteiger partial charge in [-0.15, -0.1) is 0 Å². The highest BCUT2D eigenvalue weighted by atomic mass is 32.2. The maximum Gasteiger partial charge on any atom is 0.337 e. The number of amides is 1. The van der Waals surface area contributed by atoms with E-state index >= 15 is 0 Å². The summed E-state index contributed by atoms with van der Waals surface area (Å²) >= 11 is 0. The summed E-state index contributed by atoms with van der Waals surface area (Å²) in [5, 5.41) is 8.31. The number of nitrogens with one attached hydrogen (secondary N) is 2. The van der Waals surface area contributed by atoms with E-state index in [1.165, 1.54) is 31.4 Å². The summed E-state index contributed by atoms with van der Waals surface area (Å²) in [4.78, 5) is 22.5. The summed E-state index contributed by atoms with van der Waals surface area (Å²) in [5.41, 5.74) is 0.432. The molecule has 0 aliphatic rings. The molecule has 0 saturated carbocycles. The maximum atomic E-state index is 11.6. The van der Waals surface area contributed by atoms with Gasteiger partial charge in [0.25, 0.3) is 0 Å². The maximum absolute atomic E-state index is 11.6. The van der Waals surface area contributed by atoms with Crippen LogP contribution in [0.1, 0.15) is 23.2 Å². The Balaban J connectivity index is 2.69. The molecule has 0 fully saturated rings. The predicted octanol–water partition coefficient (Wildman–Crippen LogP) is 0.550. The summed E-state index contributed by atoms with van der Waals surface area (Å²) in [6.07, 6.45) is -0.284. The monoisotopic (exact) mass is 311 g/mol. The lowest BCUT2D eigenvalue weighted by Crippen LogP contribution is -2.35. The van der Waals surface area contributed by atoms with Crippen LogP contribution in [0.2, 0.25) is 0 Å². The van der Waals surface area contributed by atoms with E-state index in [1.807, 2.05) is 0 Å². The van der Waals surface area contributed by atoms with E-state index < -0.39 is 22.1 Å². The molecule has 0 atom stereocenters. The Kier molecular flexibility index (Phi) is 5.68. The molecule has 1 aromatic carbocycles. The molecular formula is C12H13N3O5S. The third-order valence-electron chi connectivity index (χ3n) is 2.27. The summed E-state index contributed by atoms with van der Waals surface area (Å²) in [6, 6.07) is 7.19. The van der Waals surface area contributed by atoms with Crippen LogP contribution in [-0.4, -0.2) is 27.4 Å². The first-order valence-corrected chi connectivity index (χ1v) is 7.25. The van der Waals surface area contributed by atoms with E-state index in [0.717, 1.165) is 0 Å². The van der Waals surface area contributed by atoms with Crippen LogP contribution < -0.4 is 9.44 Å². The Morgan fingerprint density at radius 3 is 2.43 bits per heavy atom. The SMILES string of the molecule is COC(=O)c1ccc(NS(=O)(=O)NC(=O)CCC#N)cc1.